The summed E-state index contributed by atoms with van der Waals surface area (Å²) < 4.78 is 2.07. The largest absolute Gasteiger partial charge is 0.324 e. The monoisotopic (exact) mass is 477 g/mol. The Bertz CT molecular complexity index is 1320. The van der Waals surface area contributed by atoms with Gasteiger partial charge in [-0.05, 0) is 36.4 Å². The summed E-state index contributed by atoms with van der Waals surface area (Å²) in [6.45, 7) is -0.216. The molecule has 0 radical (unpaired) electrons. The van der Waals surface area contributed by atoms with Crippen molar-refractivity contribution in [2.45, 2.75) is 6.54 Å². The fourth-order valence-electron chi connectivity index (χ4n) is 2.90. The van der Waals surface area contributed by atoms with Crippen molar-refractivity contribution in [3.63, 3.8) is 0 Å². The summed E-state index contributed by atoms with van der Waals surface area (Å²) in [4.78, 5) is 35.7. The number of nitrogens with one attached hydrogen (secondary N) is 2. The lowest BCUT2D eigenvalue weighted by Gasteiger charge is -2.09. The maximum atomic E-state index is 12.4. The van der Waals surface area contributed by atoms with Crippen molar-refractivity contribution in [3.05, 3.63) is 98.0 Å². The normalized spacial score (nSPS) is 10.6. The fourth-order valence-corrected chi connectivity index (χ4v) is 3.17. The number of aromatic nitrogens is 4. The number of hydrogen-bond donors (Lipinski definition) is 2. The van der Waals surface area contributed by atoms with E-state index in [1.807, 2.05) is 24.3 Å². The van der Waals surface area contributed by atoms with Crippen LogP contribution in [0.3, 0.4) is 0 Å². The van der Waals surface area contributed by atoms with Gasteiger partial charge in [-0.2, -0.15) is 10.2 Å². The Balaban J connectivity index is 1.46. The smallest absolute Gasteiger partial charge is 0.267 e. The van der Waals surface area contributed by atoms with Gasteiger partial charge in [-0.25, -0.2) is 9.78 Å². The Labute approximate surface area is 184 Å². The number of hydrogen-bond acceptors (Lipinski definition) is 5. The van der Waals surface area contributed by atoms with Crippen molar-refractivity contribution in [3.8, 4) is 22.5 Å². The van der Waals surface area contributed by atoms with Gasteiger partial charge in [0.1, 0.15) is 6.54 Å². The third kappa shape index (κ3) is 5.01. The Morgan fingerprint density at radius 2 is 1.52 bits per heavy atom. The third-order valence-corrected chi connectivity index (χ3v) is 4.97. The number of benzene rings is 2. The van der Waals surface area contributed by atoms with Gasteiger partial charge in [0.15, 0.2) is 0 Å². The van der Waals surface area contributed by atoms with E-state index >= 15 is 0 Å². The molecule has 2 aromatic carbocycles. The number of amides is 1. The van der Waals surface area contributed by atoms with Crippen LogP contribution in [0.2, 0.25) is 0 Å². The second-order valence-corrected chi connectivity index (χ2v) is 7.57. The molecule has 0 atom stereocenters. The van der Waals surface area contributed by atoms with Crippen LogP contribution in [0.15, 0.2) is 86.9 Å². The first-order valence-electron chi connectivity index (χ1n) is 9.28. The van der Waals surface area contributed by atoms with E-state index in [4.69, 9.17) is 0 Å². The molecule has 0 aliphatic heterocycles. The summed E-state index contributed by atoms with van der Waals surface area (Å²) in [5.74, 6) is -0.377. The molecule has 2 N–H and O–H groups in total. The van der Waals surface area contributed by atoms with E-state index in [-0.39, 0.29) is 23.6 Å². The van der Waals surface area contributed by atoms with Gasteiger partial charge < -0.3 is 5.32 Å². The lowest BCUT2D eigenvalue weighted by Crippen LogP contribution is -2.29. The van der Waals surface area contributed by atoms with Crippen LogP contribution in [0.1, 0.15) is 0 Å². The van der Waals surface area contributed by atoms with Crippen LogP contribution in [0, 0.1) is 0 Å². The molecule has 0 saturated heterocycles. The molecule has 9 heteroatoms. The molecule has 0 spiro atoms. The highest BCUT2D eigenvalue weighted by Crippen LogP contribution is 2.19. The van der Waals surface area contributed by atoms with Gasteiger partial charge in [-0.3, -0.25) is 14.4 Å². The van der Waals surface area contributed by atoms with Crippen molar-refractivity contribution >= 4 is 27.5 Å². The zero-order chi connectivity index (χ0) is 21.8. The van der Waals surface area contributed by atoms with E-state index in [9.17, 15) is 14.4 Å². The molecule has 0 fully saturated rings. The molecule has 2 heterocycles. The zero-order valence-electron chi connectivity index (χ0n) is 16.1. The minimum absolute atomic E-state index is 0.216. The van der Waals surface area contributed by atoms with Gasteiger partial charge in [-0.1, -0.05) is 40.2 Å². The number of carbonyl (C=O) groups is 1. The molecule has 31 heavy (non-hydrogen) atoms. The fraction of sp³-hybridized carbons (Fsp3) is 0.0455. The van der Waals surface area contributed by atoms with Crippen LogP contribution in [0.4, 0.5) is 5.69 Å². The van der Waals surface area contributed by atoms with Gasteiger partial charge in [0, 0.05) is 33.4 Å². The number of carbonyl (C=O) groups excluding carboxylic acids is 1. The maximum Gasteiger partial charge on any atom is 0.267 e. The number of rotatable bonds is 5. The number of nitrogens with zero attached hydrogens (tertiary/aromatic N) is 3. The van der Waals surface area contributed by atoms with Crippen molar-refractivity contribution < 1.29 is 4.79 Å². The summed E-state index contributed by atoms with van der Waals surface area (Å²) >= 11 is 3.38. The first-order chi connectivity index (χ1) is 15.0. The molecule has 1 amide bonds. The van der Waals surface area contributed by atoms with E-state index < -0.39 is 0 Å². The summed E-state index contributed by atoms with van der Waals surface area (Å²) in [5.41, 5.74) is 2.75. The van der Waals surface area contributed by atoms with Crippen molar-refractivity contribution in [1.29, 1.82) is 0 Å². The van der Waals surface area contributed by atoms with E-state index in [0.29, 0.717) is 17.1 Å². The van der Waals surface area contributed by atoms with Gasteiger partial charge in [0.05, 0.1) is 11.4 Å². The van der Waals surface area contributed by atoms with Crippen LogP contribution in [-0.4, -0.2) is 25.9 Å². The molecule has 0 aliphatic carbocycles. The second kappa shape index (κ2) is 8.88. The first-order valence-corrected chi connectivity index (χ1v) is 10.1. The Morgan fingerprint density at radius 1 is 0.871 bits per heavy atom. The van der Waals surface area contributed by atoms with Crippen molar-refractivity contribution in [1.82, 2.24) is 20.0 Å². The third-order valence-electron chi connectivity index (χ3n) is 4.44. The van der Waals surface area contributed by atoms with E-state index in [2.05, 4.69) is 36.5 Å². The maximum absolute atomic E-state index is 12.4. The summed E-state index contributed by atoms with van der Waals surface area (Å²) in [5, 5.41) is 13.4. The minimum atomic E-state index is -0.377. The van der Waals surface area contributed by atoms with Crippen molar-refractivity contribution in [2.75, 3.05) is 5.32 Å². The lowest BCUT2D eigenvalue weighted by atomic mass is 10.1. The zero-order valence-corrected chi connectivity index (χ0v) is 17.7. The Hall–Kier alpha value is -3.85. The number of halogens is 1. The second-order valence-electron chi connectivity index (χ2n) is 6.65. The molecule has 0 aliphatic rings. The van der Waals surface area contributed by atoms with Gasteiger partial charge in [0.2, 0.25) is 5.91 Å². The standard InChI is InChI=1S/C22H16BrN5O3/c23-16-5-1-15(2-6-16)19-10-12-22(31)28(27-19)13-21(30)24-17-7-3-14(4-8-17)18-9-11-20(29)26-25-18/h1-12H,13H2,(H,24,30)(H,26,29). The van der Waals surface area contributed by atoms with Gasteiger partial charge in [-0.15, -0.1) is 0 Å². The predicted molar refractivity (Wildman–Crippen MR) is 121 cm³/mol. The minimum Gasteiger partial charge on any atom is -0.324 e. The highest BCUT2D eigenvalue weighted by atomic mass is 79.9. The Morgan fingerprint density at radius 3 is 2.19 bits per heavy atom. The van der Waals surface area contributed by atoms with Gasteiger partial charge in [0.25, 0.3) is 11.1 Å². The van der Waals surface area contributed by atoms with Crippen LogP contribution in [0.5, 0.6) is 0 Å². The van der Waals surface area contributed by atoms with E-state index in [0.717, 1.165) is 20.3 Å². The molecule has 154 valence electrons. The summed E-state index contributed by atoms with van der Waals surface area (Å²) in [6.07, 6.45) is 0. The summed E-state index contributed by atoms with van der Waals surface area (Å²) in [6, 6.07) is 20.5. The number of aromatic amines is 1. The topological polar surface area (TPSA) is 110 Å². The molecule has 8 nitrogen and oxygen atoms in total. The van der Waals surface area contributed by atoms with Crippen LogP contribution < -0.4 is 16.4 Å². The van der Waals surface area contributed by atoms with Crippen LogP contribution in [-0.2, 0) is 11.3 Å². The molecule has 0 bridgehead atoms. The Kier molecular flexibility index (Phi) is 5.85. The average molecular weight is 478 g/mol. The highest BCUT2D eigenvalue weighted by molar-refractivity contribution is 9.10. The molecule has 0 saturated carbocycles. The molecule has 4 rings (SSSR count). The average Bonchev–Trinajstić information content (AvgIpc) is 2.77. The quantitative estimate of drug-likeness (QED) is 0.458. The van der Waals surface area contributed by atoms with E-state index in [1.165, 1.54) is 12.1 Å². The molecule has 2 aromatic heterocycles. The molecular weight excluding hydrogens is 462 g/mol. The first kappa shape index (κ1) is 20.4. The molecule has 4 aromatic rings. The highest BCUT2D eigenvalue weighted by Gasteiger charge is 2.09. The summed E-state index contributed by atoms with van der Waals surface area (Å²) in [7, 11) is 0. The van der Waals surface area contributed by atoms with Crippen LogP contribution in [0.25, 0.3) is 22.5 Å². The van der Waals surface area contributed by atoms with Crippen LogP contribution >= 0.6 is 15.9 Å². The SMILES string of the molecule is O=C(Cn1nc(-c2ccc(Br)cc2)ccc1=O)Nc1ccc(-c2ccc(=O)[nH]n2)cc1. The van der Waals surface area contributed by atoms with E-state index in [1.54, 1.807) is 36.4 Å². The van der Waals surface area contributed by atoms with Gasteiger partial charge >= 0.3 is 0 Å². The predicted octanol–water partition coefficient (Wildman–Crippen LogP) is 3.06. The lowest BCUT2D eigenvalue weighted by molar-refractivity contribution is -0.117. The molecular formula is C22H16BrN5O3. The molecule has 0 unspecified atom stereocenters. The number of H-pyrrole nitrogens is 1. The van der Waals surface area contributed by atoms with Crippen molar-refractivity contribution in [2.24, 2.45) is 0 Å². The number of anilines is 1.